The smallest absolute Gasteiger partial charge is 0.257 e. The van der Waals surface area contributed by atoms with Gasteiger partial charge in [0, 0.05) is 25.8 Å². The van der Waals surface area contributed by atoms with Crippen LogP contribution in [-0.4, -0.2) is 68.4 Å². The lowest BCUT2D eigenvalue weighted by molar-refractivity contribution is 0.0951. The number of nitrogens with one attached hydrogen (secondary N) is 1. The third kappa shape index (κ3) is 4.73. The lowest BCUT2D eigenvalue weighted by atomic mass is 10.2. The number of benzene rings is 2. The fourth-order valence-electron chi connectivity index (χ4n) is 3.80. The average molecular weight is 493 g/mol. The summed E-state index contributed by atoms with van der Waals surface area (Å²) in [6.07, 6.45) is 2.23. The van der Waals surface area contributed by atoms with Crippen molar-refractivity contribution in [2.24, 2.45) is 5.10 Å². The first-order valence-corrected chi connectivity index (χ1v) is 11.2. The molecule has 0 atom stereocenters. The van der Waals surface area contributed by atoms with Crippen LogP contribution >= 0.6 is 0 Å². The highest BCUT2D eigenvalue weighted by Gasteiger charge is 2.24. The molecular weight excluding hydrogens is 464 g/mol. The van der Waals surface area contributed by atoms with Crippen LogP contribution in [-0.2, 0) is 4.74 Å². The molecule has 2 aromatic heterocycles. The molecule has 0 saturated carbocycles. The van der Waals surface area contributed by atoms with Gasteiger partial charge in [0.15, 0.2) is 17.1 Å². The van der Waals surface area contributed by atoms with Crippen molar-refractivity contribution in [2.75, 3.05) is 47.3 Å². The summed E-state index contributed by atoms with van der Waals surface area (Å²) < 4.78 is 22.7. The van der Waals surface area contributed by atoms with Gasteiger partial charge in [0.1, 0.15) is 16.9 Å². The van der Waals surface area contributed by atoms with Crippen LogP contribution in [0.2, 0.25) is 0 Å². The van der Waals surface area contributed by atoms with Crippen molar-refractivity contribution >= 4 is 40.1 Å². The van der Waals surface area contributed by atoms with Crippen LogP contribution in [0, 0.1) is 0 Å². The molecule has 2 aromatic carbocycles. The summed E-state index contributed by atoms with van der Waals surface area (Å²) in [7, 11) is 6.22. The number of nitrogen functional groups attached to an aromatic ring is 1. The molecule has 4 rings (SSSR count). The Morgan fingerprint density at radius 1 is 1.06 bits per heavy atom. The lowest BCUT2D eigenvalue weighted by Crippen LogP contribution is -2.26. The Morgan fingerprint density at radius 3 is 2.33 bits per heavy atom. The number of rotatable bonds is 10. The number of fused-ring (bicyclic) bond motifs is 2. The maximum absolute atomic E-state index is 13.1. The van der Waals surface area contributed by atoms with E-state index in [1.165, 1.54) is 26.0 Å². The van der Waals surface area contributed by atoms with E-state index in [2.05, 4.69) is 15.4 Å². The summed E-state index contributed by atoms with van der Waals surface area (Å²) in [4.78, 5) is 22.5. The molecule has 0 saturated heterocycles. The quantitative estimate of drug-likeness (QED) is 0.255. The number of hydrogen-bond acceptors (Lipinski definition) is 9. The summed E-state index contributed by atoms with van der Waals surface area (Å²) in [5, 5.41) is 7.41. The Hall–Kier alpha value is -4.38. The number of carbonyl (C=O) groups is 1. The zero-order chi connectivity index (χ0) is 25.7. The molecule has 0 radical (unpaired) electrons. The molecule has 0 spiro atoms. The van der Waals surface area contributed by atoms with Gasteiger partial charge in [-0.15, -0.1) is 0 Å². The van der Waals surface area contributed by atoms with Crippen LogP contribution < -0.4 is 25.3 Å². The second-order valence-corrected chi connectivity index (χ2v) is 7.76. The fourth-order valence-corrected chi connectivity index (χ4v) is 3.80. The van der Waals surface area contributed by atoms with E-state index < -0.39 is 0 Å². The van der Waals surface area contributed by atoms with Gasteiger partial charge in [0.05, 0.1) is 38.6 Å². The monoisotopic (exact) mass is 492 g/mol. The molecule has 11 heteroatoms. The second kappa shape index (κ2) is 10.9. The largest absolute Gasteiger partial charge is 0.493 e. The van der Waals surface area contributed by atoms with Crippen molar-refractivity contribution in [3.05, 3.63) is 47.5 Å². The van der Waals surface area contributed by atoms with Gasteiger partial charge in [-0.1, -0.05) is 12.1 Å². The van der Waals surface area contributed by atoms with E-state index >= 15 is 0 Å². The third-order valence-electron chi connectivity index (χ3n) is 5.52. The SMILES string of the molecule is COCCCNC(=O)c1c(N)n(/N=C/c2cc(OC)c(OC)c(OC)c2)c2nc3ccccc3nc12. The number of nitrogens with zero attached hydrogens (tertiary/aromatic N) is 4. The van der Waals surface area contributed by atoms with E-state index in [9.17, 15) is 4.79 Å². The Kier molecular flexibility index (Phi) is 7.50. The molecule has 1 amide bonds. The van der Waals surface area contributed by atoms with E-state index in [1.54, 1.807) is 25.5 Å². The number of amides is 1. The molecular formula is C25H28N6O5. The third-order valence-corrected chi connectivity index (χ3v) is 5.52. The predicted molar refractivity (Wildman–Crippen MR) is 137 cm³/mol. The zero-order valence-electron chi connectivity index (χ0n) is 20.6. The van der Waals surface area contributed by atoms with Crippen molar-refractivity contribution in [2.45, 2.75) is 6.42 Å². The molecule has 3 N–H and O–H groups in total. The first-order valence-electron chi connectivity index (χ1n) is 11.2. The van der Waals surface area contributed by atoms with E-state index in [4.69, 9.17) is 29.7 Å². The molecule has 0 aliphatic carbocycles. The normalized spacial score (nSPS) is 11.3. The van der Waals surface area contributed by atoms with Crippen LogP contribution in [0.15, 0.2) is 41.5 Å². The van der Waals surface area contributed by atoms with Crippen LogP contribution in [0.1, 0.15) is 22.3 Å². The average Bonchev–Trinajstić information content (AvgIpc) is 3.17. The molecule has 11 nitrogen and oxygen atoms in total. The standard InChI is InChI=1S/C25H28N6O5/c1-33-11-7-10-27-25(32)20-21-24(30-17-9-6-5-8-16(17)29-21)31(23(20)26)28-14-15-12-18(34-2)22(36-4)19(13-15)35-3/h5-6,8-9,12-14H,7,10-11,26H2,1-4H3,(H,27,32)/b28-14+. The van der Waals surface area contributed by atoms with Crippen molar-refractivity contribution in [1.29, 1.82) is 0 Å². The molecule has 188 valence electrons. The topological polar surface area (TPSA) is 135 Å². The van der Waals surface area contributed by atoms with E-state index in [0.717, 1.165) is 0 Å². The highest BCUT2D eigenvalue weighted by atomic mass is 16.5. The minimum absolute atomic E-state index is 0.119. The van der Waals surface area contributed by atoms with Gasteiger partial charge in [0.2, 0.25) is 5.75 Å². The van der Waals surface area contributed by atoms with Crippen LogP contribution in [0.5, 0.6) is 17.2 Å². The molecule has 0 aliphatic rings. The highest BCUT2D eigenvalue weighted by molar-refractivity contribution is 6.10. The Labute approximate surface area is 207 Å². The van der Waals surface area contributed by atoms with E-state index in [0.29, 0.717) is 64.6 Å². The summed E-state index contributed by atoms with van der Waals surface area (Å²) in [6.45, 7) is 0.954. The summed E-state index contributed by atoms with van der Waals surface area (Å²) in [5.41, 5.74) is 9.33. The van der Waals surface area contributed by atoms with Gasteiger partial charge in [0.25, 0.3) is 5.91 Å². The fraction of sp³-hybridized carbons (Fsp3) is 0.280. The molecule has 2 heterocycles. The van der Waals surface area contributed by atoms with Crippen LogP contribution in [0.3, 0.4) is 0 Å². The number of ether oxygens (including phenoxy) is 4. The predicted octanol–water partition coefficient (Wildman–Crippen LogP) is 2.84. The lowest BCUT2D eigenvalue weighted by Gasteiger charge is -2.12. The second-order valence-electron chi connectivity index (χ2n) is 7.76. The Morgan fingerprint density at radius 2 is 1.72 bits per heavy atom. The molecule has 36 heavy (non-hydrogen) atoms. The minimum Gasteiger partial charge on any atom is -0.493 e. The maximum Gasteiger partial charge on any atom is 0.257 e. The maximum atomic E-state index is 13.1. The Balaban J connectivity index is 1.82. The first kappa shape index (κ1) is 24.7. The number of hydrogen-bond donors (Lipinski definition) is 2. The molecule has 0 fully saturated rings. The molecule has 4 aromatic rings. The summed E-state index contributed by atoms with van der Waals surface area (Å²) >= 11 is 0. The van der Waals surface area contributed by atoms with Crippen molar-refractivity contribution in [3.63, 3.8) is 0 Å². The van der Waals surface area contributed by atoms with Crippen LogP contribution in [0.4, 0.5) is 5.82 Å². The molecule has 0 bridgehead atoms. The van der Waals surface area contributed by atoms with Crippen LogP contribution in [0.25, 0.3) is 22.2 Å². The number of carbonyl (C=O) groups excluding carboxylic acids is 1. The number of para-hydroxylation sites is 2. The summed E-state index contributed by atoms with van der Waals surface area (Å²) in [5.74, 6) is 1.18. The van der Waals surface area contributed by atoms with Crippen molar-refractivity contribution in [3.8, 4) is 17.2 Å². The Bertz CT molecular complexity index is 1410. The number of anilines is 1. The van der Waals surface area contributed by atoms with Gasteiger partial charge < -0.3 is 30.0 Å². The van der Waals surface area contributed by atoms with Gasteiger partial charge in [-0.05, 0) is 30.7 Å². The van der Waals surface area contributed by atoms with Gasteiger partial charge in [-0.25, -0.2) is 9.97 Å². The first-order chi connectivity index (χ1) is 17.5. The number of aromatic nitrogens is 3. The van der Waals surface area contributed by atoms with E-state index in [1.807, 2.05) is 24.3 Å². The van der Waals surface area contributed by atoms with Crippen molar-refractivity contribution in [1.82, 2.24) is 20.0 Å². The molecule has 0 unspecified atom stereocenters. The minimum atomic E-state index is -0.361. The number of nitrogens with two attached hydrogens (primary N) is 1. The van der Waals surface area contributed by atoms with Gasteiger partial charge in [-0.2, -0.15) is 9.78 Å². The van der Waals surface area contributed by atoms with Gasteiger partial charge in [-0.3, -0.25) is 4.79 Å². The van der Waals surface area contributed by atoms with Gasteiger partial charge >= 0.3 is 0 Å². The summed E-state index contributed by atoms with van der Waals surface area (Å²) in [6, 6.07) is 10.9. The highest BCUT2D eigenvalue weighted by Crippen LogP contribution is 2.38. The zero-order valence-corrected chi connectivity index (χ0v) is 20.6. The molecule has 0 aliphatic heterocycles. The van der Waals surface area contributed by atoms with E-state index in [-0.39, 0.29) is 17.3 Å². The number of methoxy groups -OCH3 is 4. The van der Waals surface area contributed by atoms with Crippen molar-refractivity contribution < 1.29 is 23.7 Å².